The lowest BCUT2D eigenvalue weighted by atomic mass is 10.0. The van der Waals surface area contributed by atoms with Crippen LogP contribution in [0, 0.1) is 0 Å². The maximum Gasteiger partial charge on any atom is 0.415 e. The van der Waals surface area contributed by atoms with Gasteiger partial charge < -0.3 is 10.1 Å². The molecule has 0 saturated heterocycles. The molecular formula is C16H22N2O3. The van der Waals surface area contributed by atoms with Gasteiger partial charge in [0, 0.05) is 6.04 Å². The molecule has 1 aromatic carbocycles. The Morgan fingerprint density at radius 3 is 2.67 bits per heavy atom. The van der Waals surface area contributed by atoms with Gasteiger partial charge in [-0.2, -0.15) is 0 Å². The lowest BCUT2D eigenvalue weighted by molar-refractivity contribution is 0.152. The highest BCUT2D eigenvalue weighted by molar-refractivity contribution is 5.90. The number of rotatable bonds is 7. The molecule has 0 bridgehead atoms. The van der Waals surface area contributed by atoms with Crippen molar-refractivity contribution in [2.45, 2.75) is 32.2 Å². The third-order valence-electron chi connectivity index (χ3n) is 2.90. The molecule has 1 aromatic rings. The van der Waals surface area contributed by atoms with E-state index in [0.29, 0.717) is 6.42 Å². The summed E-state index contributed by atoms with van der Waals surface area (Å²) in [7, 11) is 0. The molecule has 0 spiro atoms. The van der Waals surface area contributed by atoms with Crippen LogP contribution >= 0.6 is 0 Å². The second-order valence-electron chi connectivity index (χ2n) is 4.56. The van der Waals surface area contributed by atoms with Crippen LogP contribution in [0.15, 0.2) is 43.0 Å². The van der Waals surface area contributed by atoms with Crippen LogP contribution in [0.25, 0.3) is 0 Å². The van der Waals surface area contributed by atoms with Gasteiger partial charge in [0.1, 0.15) is 0 Å². The Morgan fingerprint density at radius 2 is 2.05 bits per heavy atom. The van der Waals surface area contributed by atoms with E-state index in [9.17, 15) is 9.59 Å². The molecule has 0 aliphatic heterocycles. The van der Waals surface area contributed by atoms with Gasteiger partial charge in [0.25, 0.3) is 0 Å². The summed E-state index contributed by atoms with van der Waals surface area (Å²) in [6.45, 7) is 5.59. The number of imide groups is 1. The van der Waals surface area contributed by atoms with Crippen LogP contribution in [-0.4, -0.2) is 24.8 Å². The van der Waals surface area contributed by atoms with Gasteiger partial charge in [-0.1, -0.05) is 36.4 Å². The minimum absolute atomic E-state index is 0.0721. The predicted octanol–water partition coefficient (Wildman–Crippen LogP) is 3.02. The van der Waals surface area contributed by atoms with E-state index in [1.807, 2.05) is 30.3 Å². The highest BCUT2D eigenvalue weighted by Crippen LogP contribution is 2.07. The molecular weight excluding hydrogens is 268 g/mol. The van der Waals surface area contributed by atoms with Gasteiger partial charge in [0.05, 0.1) is 6.61 Å². The average Bonchev–Trinajstić information content (AvgIpc) is 2.46. The van der Waals surface area contributed by atoms with E-state index in [4.69, 9.17) is 0 Å². The number of hydrogen-bond acceptors (Lipinski definition) is 3. The van der Waals surface area contributed by atoms with Gasteiger partial charge in [0.2, 0.25) is 0 Å². The van der Waals surface area contributed by atoms with Gasteiger partial charge in [-0.3, -0.25) is 0 Å². The van der Waals surface area contributed by atoms with Crippen LogP contribution in [0.1, 0.15) is 25.3 Å². The van der Waals surface area contributed by atoms with Crippen molar-refractivity contribution in [2.75, 3.05) is 6.61 Å². The van der Waals surface area contributed by atoms with Gasteiger partial charge >= 0.3 is 12.1 Å². The summed E-state index contributed by atoms with van der Waals surface area (Å²) in [5.74, 6) is 0. The fourth-order valence-corrected chi connectivity index (χ4v) is 1.92. The van der Waals surface area contributed by atoms with Crippen molar-refractivity contribution in [1.82, 2.24) is 10.6 Å². The van der Waals surface area contributed by atoms with Crippen LogP contribution in [0.3, 0.4) is 0 Å². The molecule has 0 radical (unpaired) electrons. The van der Waals surface area contributed by atoms with Crippen molar-refractivity contribution in [3.05, 3.63) is 48.6 Å². The normalized spacial score (nSPS) is 11.3. The predicted molar refractivity (Wildman–Crippen MR) is 82.1 cm³/mol. The molecule has 1 atom stereocenters. The number of benzene rings is 1. The Labute approximate surface area is 125 Å². The van der Waals surface area contributed by atoms with Crippen molar-refractivity contribution in [1.29, 1.82) is 0 Å². The summed E-state index contributed by atoms with van der Waals surface area (Å²) in [5.41, 5.74) is 1.21. The number of carbonyl (C=O) groups is 2. The molecule has 21 heavy (non-hydrogen) atoms. The number of nitrogens with one attached hydrogen (secondary N) is 2. The maximum atomic E-state index is 11.7. The zero-order chi connectivity index (χ0) is 15.5. The van der Waals surface area contributed by atoms with E-state index < -0.39 is 12.1 Å². The van der Waals surface area contributed by atoms with E-state index >= 15 is 0 Å². The first kappa shape index (κ1) is 16.8. The zero-order valence-corrected chi connectivity index (χ0v) is 12.3. The van der Waals surface area contributed by atoms with Crippen LogP contribution < -0.4 is 10.6 Å². The van der Waals surface area contributed by atoms with E-state index in [1.165, 1.54) is 5.56 Å². The van der Waals surface area contributed by atoms with Gasteiger partial charge in [0.15, 0.2) is 0 Å². The first-order valence-corrected chi connectivity index (χ1v) is 7.04. The van der Waals surface area contributed by atoms with Gasteiger partial charge in [-0.15, -0.1) is 6.58 Å². The first-order valence-electron chi connectivity index (χ1n) is 7.04. The second kappa shape index (κ2) is 9.58. The lowest BCUT2D eigenvalue weighted by Crippen LogP contribution is -2.44. The Kier molecular flexibility index (Phi) is 7.64. The van der Waals surface area contributed by atoms with Crippen molar-refractivity contribution in [3.8, 4) is 0 Å². The van der Waals surface area contributed by atoms with Gasteiger partial charge in [-0.05, 0) is 31.7 Å². The SMILES string of the molecule is C=CCC(CCc1ccccc1)NC(=O)NC(=O)OCC. The second-order valence-corrected chi connectivity index (χ2v) is 4.56. The molecule has 0 aromatic heterocycles. The molecule has 1 rings (SSSR count). The topological polar surface area (TPSA) is 67.4 Å². The lowest BCUT2D eigenvalue weighted by Gasteiger charge is -2.17. The minimum atomic E-state index is -0.740. The quantitative estimate of drug-likeness (QED) is 0.758. The largest absolute Gasteiger partial charge is 0.450 e. The Hall–Kier alpha value is -2.30. The highest BCUT2D eigenvalue weighted by atomic mass is 16.5. The van der Waals surface area contributed by atoms with Gasteiger partial charge in [-0.25, -0.2) is 14.9 Å². The van der Waals surface area contributed by atoms with Crippen molar-refractivity contribution < 1.29 is 14.3 Å². The molecule has 5 nitrogen and oxygen atoms in total. The molecule has 0 saturated carbocycles. The summed E-state index contributed by atoms with van der Waals surface area (Å²) in [6.07, 6.45) is 3.27. The number of aryl methyl sites for hydroxylation is 1. The van der Waals surface area contributed by atoms with Crippen LogP contribution in [0.5, 0.6) is 0 Å². The number of hydrogen-bond donors (Lipinski definition) is 2. The Bertz CT molecular complexity index is 460. The van der Waals surface area contributed by atoms with Crippen molar-refractivity contribution >= 4 is 12.1 Å². The number of ether oxygens (including phenoxy) is 1. The third kappa shape index (κ3) is 7.15. The van der Waals surface area contributed by atoms with E-state index in [0.717, 1.165) is 12.8 Å². The minimum Gasteiger partial charge on any atom is -0.450 e. The molecule has 3 amide bonds. The summed E-state index contributed by atoms with van der Waals surface area (Å²) in [6, 6.07) is 9.41. The molecule has 1 unspecified atom stereocenters. The molecule has 114 valence electrons. The third-order valence-corrected chi connectivity index (χ3v) is 2.90. The number of amides is 3. The van der Waals surface area contributed by atoms with Crippen molar-refractivity contribution in [2.24, 2.45) is 0 Å². The maximum absolute atomic E-state index is 11.7. The van der Waals surface area contributed by atoms with E-state index in [1.54, 1.807) is 13.0 Å². The standard InChI is InChI=1S/C16H22N2O3/c1-3-8-14(12-11-13-9-6-5-7-10-13)17-15(19)18-16(20)21-4-2/h3,5-7,9-10,14H,1,4,8,11-12H2,2H3,(H2,17,18,19,20). The fourth-order valence-electron chi connectivity index (χ4n) is 1.92. The molecule has 0 aliphatic carbocycles. The van der Waals surface area contributed by atoms with E-state index in [2.05, 4.69) is 21.9 Å². The fraction of sp³-hybridized carbons (Fsp3) is 0.375. The summed E-state index contributed by atoms with van der Waals surface area (Å²) in [4.78, 5) is 22.8. The highest BCUT2D eigenvalue weighted by Gasteiger charge is 2.13. The molecule has 2 N–H and O–H groups in total. The van der Waals surface area contributed by atoms with Crippen LogP contribution in [0.2, 0.25) is 0 Å². The number of alkyl carbamates (subject to hydrolysis) is 1. The smallest absolute Gasteiger partial charge is 0.415 e. The summed E-state index contributed by atoms with van der Waals surface area (Å²) >= 11 is 0. The molecule has 0 heterocycles. The van der Waals surface area contributed by atoms with E-state index in [-0.39, 0.29) is 12.6 Å². The first-order chi connectivity index (χ1) is 10.2. The number of urea groups is 1. The Morgan fingerprint density at radius 1 is 1.33 bits per heavy atom. The monoisotopic (exact) mass is 290 g/mol. The van der Waals surface area contributed by atoms with Crippen LogP contribution in [0.4, 0.5) is 9.59 Å². The van der Waals surface area contributed by atoms with Crippen LogP contribution in [-0.2, 0) is 11.2 Å². The molecule has 5 heteroatoms. The summed E-state index contributed by atoms with van der Waals surface area (Å²) in [5, 5.41) is 4.88. The Balaban J connectivity index is 2.43. The summed E-state index contributed by atoms with van der Waals surface area (Å²) < 4.78 is 4.65. The average molecular weight is 290 g/mol. The molecule has 0 fully saturated rings. The van der Waals surface area contributed by atoms with Crippen molar-refractivity contribution in [3.63, 3.8) is 0 Å². The number of carbonyl (C=O) groups excluding carboxylic acids is 2. The molecule has 0 aliphatic rings. The zero-order valence-electron chi connectivity index (χ0n) is 12.3.